The van der Waals surface area contributed by atoms with Crippen molar-refractivity contribution < 1.29 is 9.15 Å². The summed E-state index contributed by atoms with van der Waals surface area (Å²) in [6.07, 6.45) is 1.44. The largest absolute Gasteiger partial charge is 0.419 e. The maximum Gasteiger partial charge on any atom is 0.257 e. The summed E-state index contributed by atoms with van der Waals surface area (Å²) < 4.78 is 11.2. The topological polar surface area (TPSA) is 48.2 Å². The quantitative estimate of drug-likeness (QED) is 0.861. The van der Waals surface area contributed by atoms with Gasteiger partial charge in [-0.25, -0.2) is 0 Å². The fourth-order valence-electron chi connectivity index (χ4n) is 1.92. The molecule has 0 bridgehead atoms. The lowest BCUT2D eigenvalue weighted by Crippen LogP contribution is -2.13. The van der Waals surface area contributed by atoms with E-state index in [1.165, 1.54) is 0 Å². The number of aromatic nitrogens is 2. The van der Waals surface area contributed by atoms with Crippen molar-refractivity contribution in [3.8, 4) is 10.8 Å². The highest BCUT2D eigenvalue weighted by molar-refractivity contribution is 7.99. The van der Waals surface area contributed by atoms with Crippen LogP contribution in [0.4, 0.5) is 0 Å². The van der Waals surface area contributed by atoms with Gasteiger partial charge < -0.3 is 9.15 Å². The predicted octanol–water partition coefficient (Wildman–Crippen LogP) is 3.21. The number of thiophene rings is 1. The Bertz CT molecular complexity index is 498. The standard InChI is InChI=1S/C12H14N2O2S2/c1-8-9(4-5-15-8)18-7-11-13-14-12(16-11)10-3-2-6-17-10/h2-3,6,8-9H,4-5,7H2,1H3/t8-,9+/m0/s1. The van der Waals surface area contributed by atoms with E-state index in [0.29, 0.717) is 23.1 Å². The van der Waals surface area contributed by atoms with Gasteiger partial charge in [-0.3, -0.25) is 0 Å². The van der Waals surface area contributed by atoms with Crippen molar-refractivity contribution in [2.45, 2.75) is 30.5 Å². The minimum Gasteiger partial charge on any atom is -0.419 e. The first kappa shape index (κ1) is 12.2. The van der Waals surface area contributed by atoms with Gasteiger partial charge in [0.1, 0.15) is 0 Å². The van der Waals surface area contributed by atoms with Crippen LogP contribution in [0.2, 0.25) is 0 Å². The van der Waals surface area contributed by atoms with Crippen LogP contribution in [0, 0.1) is 0 Å². The van der Waals surface area contributed by atoms with Gasteiger partial charge in [-0.15, -0.1) is 33.3 Å². The summed E-state index contributed by atoms with van der Waals surface area (Å²) in [5, 5.41) is 10.7. The van der Waals surface area contributed by atoms with Gasteiger partial charge in [0.2, 0.25) is 5.89 Å². The van der Waals surface area contributed by atoms with Crippen LogP contribution < -0.4 is 0 Å². The molecule has 0 spiro atoms. The first-order chi connectivity index (χ1) is 8.83. The van der Waals surface area contributed by atoms with Crippen LogP contribution in [0.25, 0.3) is 10.8 Å². The molecule has 4 nitrogen and oxygen atoms in total. The highest BCUT2D eigenvalue weighted by atomic mass is 32.2. The zero-order valence-electron chi connectivity index (χ0n) is 10.0. The Balaban J connectivity index is 1.60. The lowest BCUT2D eigenvalue weighted by Gasteiger charge is -2.11. The molecule has 3 heterocycles. The molecule has 96 valence electrons. The first-order valence-electron chi connectivity index (χ1n) is 5.92. The Kier molecular flexibility index (Phi) is 3.67. The van der Waals surface area contributed by atoms with Gasteiger partial charge in [0.25, 0.3) is 5.89 Å². The van der Waals surface area contributed by atoms with Crippen LogP contribution in [0.5, 0.6) is 0 Å². The fraction of sp³-hybridized carbons (Fsp3) is 0.500. The summed E-state index contributed by atoms with van der Waals surface area (Å²) in [4.78, 5) is 1.02. The van der Waals surface area contributed by atoms with Gasteiger partial charge in [0, 0.05) is 11.9 Å². The van der Waals surface area contributed by atoms with Crippen LogP contribution >= 0.6 is 23.1 Å². The molecule has 1 fully saturated rings. The summed E-state index contributed by atoms with van der Waals surface area (Å²) in [6, 6.07) is 3.97. The minimum atomic E-state index is 0.328. The van der Waals surface area contributed by atoms with Crippen molar-refractivity contribution in [3.05, 3.63) is 23.4 Å². The second kappa shape index (κ2) is 5.42. The third kappa shape index (κ3) is 2.60. The zero-order valence-corrected chi connectivity index (χ0v) is 11.7. The summed E-state index contributed by atoms with van der Waals surface area (Å²) in [7, 11) is 0. The molecular weight excluding hydrogens is 268 g/mol. The van der Waals surface area contributed by atoms with Gasteiger partial charge in [0.15, 0.2) is 0 Å². The monoisotopic (exact) mass is 282 g/mol. The SMILES string of the molecule is C[C@@H]1OCC[C@H]1SCc1nnc(-c2cccs2)o1. The van der Waals surface area contributed by atoms with E-state index < -0.39 is 0 Å². The smallest absolute Gasteiger partial charge is 0.257 e. The number of nitrogens with zero attached hydrogens (tertiary/aromatic N) is 2. The Morgan fingerprint density at radius 2 is 2.44 bits per heavy atom. The molecule has 2 atom stereocenters. The van der Waals surface area contributed by atoms with Gasteiger partial charge in [0.05, 0.1) is 16.7 Å². The Morgan fingerprint density at radius 1 is 1.50 bits per heavy atom. The molecule has 1 aliphatic heterocycles. The first-order valence-corrected chi connectivity index (χ1v) is 7.85. The molecule has 1 saturated heterocycles. The van der Waals surface area contributed by atoms with E-state index >= 15 is 0 Å². The van der Waals surface area contributed by atoms with E-state index in [4.69, 9.17) is 9.15 Å². The second-order valence-electron chi connectivity index (χ2n) is 4.19. The van der Waals surface area contributed by atoms with Crippen LogP contribution in [0.3, 0.4) is 0 Å². The van der Waals surface area contributed by atoms with Crippen LogP contribution in [0.15, 0.2) is 21.9 Å². The second-order valence-corrected chi connectivity index (χ2v) is 6.37. The molecule has 3 rings (SSSR count). The summed E-state index contributed by atoms with van der Waals surface area (Å²) in [5.74, 6) is 2.08. The summed E-state index contributed by atoms with van der Waals surface area (Å²) in [6.45, 7) is 2.98. The molecule has 0 radical (unpaired) electrons. The normalized spacial score (nSPS) is 23.6. The van der Waals surface area contributed by atoms with Gasteiger partial charge in [-0.2, -0.15) is 0 Å². The molecule has 1 aliphatic rings. The summed E-state index contributed by atoms with van der Waals surface area (Å²) in [5.41, 5.74) is 0. The lowest BCUT2D eigenvalue weighted by molar-refractivity contribution is 0.127. The Morgan fingerprint density at radius 3 is 3.17 bits per heavy atom. The molecule has 0 amide bonds. The van der Waals surface area contributed by atoms with E-state index in [1.54, 1.807) is 11.3 Å². The molecule has 0 aliphatic carbocycles. The average Bonchev–Trinajstić information content (AvgIpc) is 3.08. The maximum absolute atomic E-state index is 5.65. The van der Waals surface area contributed by atoms with E-state index in [2.05, 4.69) is 17.1 Å². The predicted molar refractivity (Wildman–Crippen MR) is 72.7 cm³/mol. The van der Waals surface area contributed by atoms with Crippen molar-refractivity contribution in [3.63, 3.8) is 0 Å². The Hall–Kier alpha value is -0.850. The third-order valence-corrected chi connectivity index (χ3v) is 5.24. The van der Waals surface area contributed by atoms with E-state index in [-0.39, 0.29) is 0 Å². The molecular formula is C12H14N2O2S2. The summed E-state index contributed by atoms with van der Waals surface area (Å²) >= 11 is 3.45. The lowest BCUT2D eigenvalue weighted by atomic mass is 10.3. The van der Waals surface area contributed by atoms with Crippen molar-refractivity contribution in [2.75, 3.05) is 6.61 Å². The molecule has 0 aromatic carbocycles. The van der Waals surface area contributed by atoms with Crippen molar-refractivity contribution in [2.24, 2.45) is 0 Å². The van der Waals surface area contributed by atoms with Gasteiger partial charge >= 0.3 is 0 Å². The molecule has 6 heteroatoms. The van der Waals surface area contributed by atoms with E-state index in [1.807, 2.05) is 29.3 Å². The number of ether oxygens (including phenoxy) is 1. The van der Waals surface area contributed by atoms with Crippen LogP contribution in [-0.2, 0) is 10.5 Å². The highest BCUT2D eigenvalue weighted by Gasteiger charge is 2.25. The highest BCUT2D eigenvalue weighted by Crippen LogP contribution is 2.30. The molecule has 2 aromatic heterocycles. The number of hydrogen-bond acceptors (Lipinski definition) is 6. The van der Waals surface area contributed by atoms with E-state index in [0.717, 1.165) is 23.7 Å². The minimum absolute atomic E-state index is 0.328. The van der Waals surface area contributed by atoms with Gasteiger partial charge in [-0.05, 0) is 24.8 Å². The third-order valence-electron chi connectivity index (χ3n) is 2.93. The fourth-order valence-corrected chi connectivity index (χ4v) is 3.65. The molecule has 0 saturated carbocycles. The average molecular weight is 282 g/mol. The van der Waals surface area contributed by atoms with Crippen LogP contribution in [0.1, 0.15) is 19.2 Å². The Labute approximate surface area is 114 Å². The maximum atomic E-state index is 5.65. The van der Waals surface area contributed by atoms with Crippen molar-refractivity contribution in [1.82, 2.24) is 10.2 Å². The zero-order chi connectivity index (χ0) is 12.4. The molecule has 0 N–H and O–H groups in total. The van der Waals surface area contributed by atoms with Gasteiger partial charge in [-0.1, -0.05) is 6.07 Å². The number of rotatable bonds is 4. The molecule has 0 unspecified atom stereocenters. The molecule has 2 aromatic rings. The number of thioether (sulfide) groups is 1. The molecule has 18 heavy (non-hydrogen) atoms. The van der Waals surface area contributed by atoms with E-state index in [9.17, 15) is 0 Å². The van der Waals surface area contributed by atoms with Crippen molar-refractivity contribution >= 4 is 23.1 Å². The van der Waals surface area contributed by atoms with Crippen LogP contribution in [-0.4, -0.2) is 28.2 Å². The number of hydrogen-bond donors (Lipinski definition) is 0. The van der Waals surface area contributed by atoms with Crippen molar-refractivity contribution in [1.29, 1.82) is 0 Å².